The number of rotatable bonds is 4. The van der Waals surface area contributed by atoms with Crippen molar-refractivity contribution >= 4 is 56.2 Å². The van der Waals surface area contributed by atoms with Crippen molar-refractivity contribution in [1.29, 1.82) is 0 Å². The van der Waals surface area contributed by atoms with Crippen molar-refractivity contribution in [2.24, 2.45) is 0 Å². The summed E-state index contributed by atoms with van der Waals surface area (Å²) in [4.78, 5) is 8.17. The molecule has 1 aromatic heterocycles. The predicted octanol–water partition coefficient (Wildman–Crippen LogP) is 5.10. The Labute approximate surface area is 151 Å². The van der Waals surface area contributed by atoms with Crippen molar-refractivity contribution in [2.75, 3.05) is 16.4 Å². The van der Waals surface area contributed by atoms with E-state index in [1.54, 1.807) is 24.3 Å². The average molecular weight is 409 g/mol. The Balaban J connectivity index is 1.89. The Morgan fingerprint density at radius 1 is 1.00 bits per heavy atom. The molecular formula is C16H12BrClFN5. The molecule has 0 fully saturated rings. The molecule has 0 bridgehead atoms. The van der Waals surface area contributed by atoms with Gasteiger partial charge in [0.25, 0.3) is 0 Å². The molecule has 0 spiro atoms. The molecule has 0 aliphatic heterocycles. The zero-order valence-corrected chi connectivity index (χ0v) is 14.6. The molecule has 8 heteroatoms. The highest BCUT2D eigenvalue weighted by atomic mass is 79.9. The van der Waals surface area contributed by atoms with Gasteiger partial charge in [0.15, 0.2) is 11.6 Å². The fourth-order valence-corrected chi connectivity index (χ4v) is 2.52. The van der Waals surface area contributed by atoms with Crippen molar-refractivity contribution in [1.82, 2.24) is 9.97 Å². The van der Waals surface area contributed by atoms with Crippen LogP contribution in [0.5, 0.6) is 0 Å². The van der Waals surface area contributed by atoms with Crippen molar-refractivity contribution in [3.63, 3.8) is 0 Å². The van der Waals surface area contributed by atoms with Crippen LogP contribution in [0.3, 0.4) is 0 Å². The third kappa shape index (κ3) is 3.58. The smallest absolute Gasteiger partial charge is 0.159 e. The number of nitrogens with zero attached hydrogens (tertiary/aromatic N) is 2. The Morgan fingerprint density at radius 2 is 1.67 bits per heavy atom. The van der Waals surface area contributed by atoms with E-state index >= 15 is 0 Å². The number of nitrogens with two attached hydrogens (primary N) is 1. The minimum Gasteiger partial charge on any atom is -0.393 e. The standard InChI is InChI=1S/C16H12BrClFN5/c17-9-5-6-13(11(19)7-9)24-16-14(20)15(21-8-22-16)23-12-4-2-1-3-10(12)18/h1-8H,20H2,(H2,21,22,23,24). The summed E-state index contributed by atoms with van der Waals surface area (Å²) in [5.74, 6) is 0.238. The van der Waals surface area contributed by atoms with Gasteiger partial charge < -0.3 is 16.4 Å². The Hall–Kier alpha value is -2.38. The van der Waals surface area contributed by atoms with Gasteiger partial charge in [-0.25, -0.2) is 14.4 Å². The van der Waals surface area contributed by atoms with E-state index in [4.69, 9.17) is 17.3 Å². The van der Waals surface area contributed by atoms with Crippen LogP contribution in [0.4, 0.5) is 33.1 Å². The van der Waals surface area contributed by atoms with Gasteiger partial charge in [-0.15, -0.1) is 0 Å². The number of nitrogens with one attached hydrogen (secondary N) is 2. The molecule has 1 heterocycles. The summed E-state index contributed by atoms with van der Waals surface area (Å²) in [5.41, 5.74) is 7.25. The molecule has 2 aromatic carbocycles. The van der Waals surface area contributed by atoms with Gasteiger partial charge in [-0.05, 0) is 30.3 Å². The van der Waals surface area contributed by atoms with Crippen molar-refractivity contribution in [3.8, 4) is 0 Å². The molecule has 122 valence electrons. The van der Waals surface area contributed by atoms with Gasteiger partial charge in [0, 0.05) is 4.47 Å². The first kappa shape index (κ1) is 16.5. The van der Waals surface area contributed by atoms with Gasteiger partial charge in [0.05, 0.1) is 16.4 Å². The molecule has 0 atom stereocenters. The second-order valence-corrected chi connectivity index (χ2v) is 6.16. The van der Waals surface area contributed by atoms with Crippen LogP contribution in [0, 0.1) is 5.82 Å². The van der Waals surface area contributed by atoms with E-state index in [1.807, 2.05) is 12.1 Å². The van der Waals surface area contributed by atoms with Crippen LogP contribution in [-0.4, -0.2) is 9.97 Å². The lowest BCUT2D eigenvalue weighted by Gasteiger charge is -2.13. The Kier molecular flexibility index (Phi) is 4.82. The summed E-state index contributed by atoms with van der Waals surface area (Å²) in [7, 11) is 0. The van der Waals surface area contributed by atoms with Crippen molar-refractivity contribution in [3.05, 3.63) is 64.1 Å². The molecule has 0 radical (unpaired) electrons. The van der Waals surface area contributed by atoms with Crippen molar-refractivity contribution in [2.45, 2.75) is 0 Å². The van der Waals surface area contributed by atoms with Gasteiger partial charge in [0.2, 0.25) is 0 Å². The van der Waals surface area contributed by atoms with E-state index in [-0.39, 0.29) is 11.4 Å². The predicted molar refractivity (Wildman–Crippen MR) is 98.6 cm³/mol. The highest BCUT2D eigenvalue weighted by Gasteiger charge is 2.12. The highest BCUT2D eigenvalue weighted by Crippen LogP contribution is 2.31. The second kappa shape index (κ2) is 7.02. The lowest BCUT2D eigenvalue weighted by atomic mass is 10.3. The van der Waals surface area contributed by atoms with Crippen LogP contribution in [0.1, 0.15) is 0 Å². The molecule has 5 nitrogen and oxygen atoms in total. The minimum absolute atomic E-state index is 0.250. The largest absolute Gasteiger partial charge is 0.393 e. The fourth-order valence-electron chi connectivity index (χ4n) is 2.00. The number of hydrogen-bond donors (Lipinski definition) is 3. The number of para-hydroxylation sites is 1. The van der Waals surface area contributed by atoms with E-state index in [2.05, 4.69) is 36.5 Å². The summed E-state index contributed by atoms with van der Waals surface area (Å²) in [5, 5.41) is 6.44. The molecule has 0 amide bonds. The van der Waals surface area contributed by atoms with Gasteiger partial charge >= 0.3 is 0 Å². The van der Waals surface area contributed by atoms with Gasteiger partial charge in [-0.1, -0.05) is 39.7 Å². The fraction of sp³-hybridized carbons (Fsp3) is 0. The number of aromatic nitrogens is 2. The third-order valence-electron chi connectivity index (χ3n) is 3.20. The highest BCUT2D eigenvalue weighted by molar-refractivity contribution is 9.10. The zero-order valence-electron chi connectivity index (χ0n) is 12.2. The number of benzene rings is 2. The van der Waals surface area contributed by atoms with E-state index in [9.17, 15) is 4.39 Å². The minimum atomic E-state index is -0.428. The molecule has 0 aliphatic rings. The summed E-state index contributed by atoms with van der Waals surface area (Å²) in [6, 6.07) is 11.8. The quantitative estimate of drug-likeness (QED) is 0.560. The molecule has 3 rings (SSSR count). The first-order valence-electron chi connectivity index (χ1n) is 6.88. The van der Waals surface area contributed by atoms with E-state index in [0.29, 0.717) is 26.8 Å². The molecule has 0 saturated carbocycles. The average Bonchev–Trinajstić information content (AvgIpc) is 2.55. The normalized spacial score (nSPS) is 10.5. The molecule has 3 aromatic rings. The van der Waals surface area contributed by atoms with Crippen LogP contribution in [-0.2, 0) is 0 Å². The van der Waals surface area contributed by atoms with Crippen LogP contribution in [0.15, 0.2) is 53.3 Å². The third-order valence-corrected chi connectivity index (χ3v) is 4.02. The molecule has 0 aliphatic carbocycles. The van der Waals surface area contributed by atoms with Crippen LogP contribution < -0.4 is 16.4 Å². The maximum absolute atomic E-state index is 14.0. The van der Waals surface area contributed by atoms with E-state index < -0.39 is 5.82 Å². The summed E-state index contributed by atoms with van der Waals surface area (Å²) < 4.78 is 14.6. The second-order valence-electron chi connectivity index (χ2n) is 4.84. The van der Waals surface area contributed by atoms with E-state index in [1.165, 1.54) is 12.4 Å². The first-order valence-corrected chi connectivity index (χ1v) is 8.06. The number of anilines is 5. The number of nitrogen functional groups attached to an aromatic ring is 1. The topological polar surface area (TPSA) is 75.9 Å². The van der Waals surface area contributed by atoms with Gasteiger partial charge in [0.1, 0.15) is 17.8 Å². The lowest BCUT2D eigenvalue weighted by Crippen LogP contribution is -2.06. The first-order chi connectivity index (χ1) is 11.5. The number of halogens is 3. The van der Waals surface area contributed by atoms with Crippen LogP contribution >= 0.6 is 27.5 Å². The monoisotopic (exact) mass is 407 g/mol. The molecular weight excluding hydrogens is 397 g/mol. The Bertz CT molecular complexity index is 890. The Morgan fingerprint density at radius 3 is 2.33 bits per heavy atom. The summed E-state index contributed by atoms with van der Waals surface area (Å²) >= 11 is 9.33. The molecule has 24 heavy (non-hydrogen) atoms. The summed E-state index contributed by atoms with van der Waals surface area (Å²) in [6.07, 6.45) is 1.33. The number of hydrogen-bond acceptors (Lipinski definition) is 5. The zero-order chi connectivity index (χ0) is 17.1. The summed E-state index contributed by atoms with van der Waals surface area (Å²) in [6.45, 7) is 0. The maximum atomic E-state index is 14.0. The van der Waals surface area contributed by atoms with Gasteiger partial charge in [-0.2, -0.15) is 0 Å². The SMILES string of the molecule is Nc1c(Nc2ccc(Br)cc2F)ncnc1Nc1ccccc1Cl. The maximum Gasteiger partial charge on any atom is 0.159 e. The molecule has 0 saturated heterocycles. The van der Waals surface area contributed by atoms with Crippen LogP contribution in [0.25, 0.3) is 0 Å². The van der Waals surface area contributed by atoms with Crippen LogP contribution in [0.2, 0.25) is 5.02 Å². The van der Waals surface area contributed by atoms with Gasteiger partial charge in [-0.3, -0.25) is 0 Å². The van der Waals surface area contributed by atoms with E-state index in [0.717, 1.165) is 0 Å². The van der Waals surface area contributed by atoms with Crippen molar-refractivity contribution < 1.29 is 4.39 Å². The lowest BCUT2D eigenvalue weighted by molar-refractivity contribution is 0.631. The molecule has 0 unspecified atom stereocenters. The molecule has 4 N–H and O–H groups in total.